The number of rotatable bonds is 3. The van der Waals surface area contributed by atoms with Gasteiger partial charge in [-0.05, 0) is 62.1 Å². The number of halogens is 3. The Balaban J connectivity index is 2.17. The topological polar surface area (TPSA) is 56.3 Å². The van der Waals surface area contributed by atoms with Crippen LogP contribution < -0.4 is 4.74 Å². The number of sulfone groups is 1. The molecule has 8 heteroatoms. The maximum absolute atomic E-state index is 12.5. The predicted octanol–water partition coefficient (Wildman–Crippen LogP) is 3.58. The summed E-state index contributed by atoms with van der Waals surface area (Å²) >= 11 is 0. The van der Waals surface area contributed by atoms with Crippen molar-refractivity contribution in [2.45, 2.75) is 29.9 Å². The van der Waals surface area contributed by atoms with Crippen LogP contribution >= 0.6 is 0 Å². The van der Waals surface area contributed by atoms with Crippen LogP contribution in [-0.2, 0) is 9.84 Å². The van der Waals surface area contributed by atoms with Gasteiger partial charge in [-0.1, -0.05) is 6.07 Å². The number of aromatic nitrogens is 1. The zero-order chi connectivity index (χ0) is 18.7. The molecule has 2 rings (SSSR count). The van der Waals surface area contributed by atoms with Gasteiger partial charge >= 0.3 is 5.51 Å². The molecule has 0 spiro atoms. The summed E-state index contributed by atoms with van der Waals surface area (Å²) in [5, 5.41) is 0. The van der Waals surface area contributed by atoms with Crippen LogP contribution in [0.1, 0.15) is 19.5 Å². The van der Waals surface area contributed by atoms with Crippen LogP contribution in [0.15, 0.2) is 53.6 Å². The standard InChI is InChI=1S/C17H14F3NO3S/c1-16(2,11-10-13-5-3-4-12-21-13)24-14-6-8-15(9-7-14)25(22,23)17(18,19)20/h3-9,12H,1-2H3. The Kier molecular flexibility index (Phi) is 5.09. The smallest absolute Gasteiger partial charge is 0.475 e. The van der Waals surface area contributed by atoms with E-state index in [0.29, 0.717) is 5.69 Å². The van der Waals surface area contributed by atoms with Gasteiger partial charge in [0.05, 0.1) is 4.90 Å². The Labute approximate surface area is 143 Å². The Bertz CT molecular complexity index is 894. The van der Waals surface area contributed by atoms with Crippen molar-refractivity contribution in [3.8, 4) is 17.6 Å². The maximum atomic E-state index is 12.5. The fourth-order valence-corrected chi connectivity index (χ4v) is 2.55. The summed E-state index contributed by atoms with van der Waals surface area (Å²) in [6.45, 7) is 3.34. The van der Waals surface area contributed by atoms with Gasteiger partial charge in [0.2, 0.25) is 0 Å². The lowest BCUT2D eigenvalue weighted by atomic mass is 10.1. The third kappa shape index (κ3) is 4.73. The number of ether oxygens (including phenoxy) is 1. The zero-order valence-corrected chi connectivity index (χ0v) is 14.1. The highest BCUT2D eigenvalue weighted by Gasteiger charge is 2.46. The van der Waals surface area contributed by atoms with E-state index in [9.17, 15) is 21.6 Å². The quantitative estimate of drug-likeness (QED) is 0.776. The molecule has 0 atom stereocenters. The number of benzene rings is 1. The minimum absolute atomic E-state index is 0.196. The molecule has 0 unspecified atom stereocenters. The second-order valence-corrected chi connectivity index (χ2v) is 7.44. The summed E-state index contributed by atoms with van der Waals surface area (Å²) in [5.74, 6) is 5.89. The van der Waals surface area contributed by atoms with E-state index in [-0.39, 0.29) is 5.75 Å². The third-order valence-electron chi connectivity index (χ3n) is 2.97. The summed E-state index contributed by atoms with van der Waals surface area (Å²) in [5.41, 5.74) is -5.75. The van der Waals surface area contributed by atoms with Crippen LogP contribution in [-0.4, -0.2) is 24.5 Å². The fraction of sp³-hybridized carbons (Fsp3) is 0.235. The molecule has 0 bridgehead atoms. The van der Waals surface area contributed by atoms with Crippen molar-refractivity contribution >= 4 is 9.84 Å². The molecule has 0 radical (unpaired) electrons. The molecule has 25 heavy (non-hydrogen) atoms. The lowest BCUT2D eigenvalue weighted by molar-refractivity contribution is -0.0436. The van der Waals surface area contributed by atoms with Gasteiger partial charge in [0.1, 0.15) is 11.4 Å². The molecule has 1 aromatic carbocycles. The van der Waals surface area contributed by atoms with Crippen LogP contribution in [0, 0.1) is 11.8 Å². The number of pyridine rings is 1. The average molecular weight is 369 g/mol. The van der Waals surface area contributed by atoms with Crippen LogP contribution in [0.25, 0.3) is 0 Å². The molecule has 0 aliphatic rings. The Morgan fingerprint density at radius 1 is 1.04 bits per heavy atom. The molecule has 0 saturated carbocycles. The minimum atomic E-state index is -5.37. The summed E-state index contributed by atoms with van der Waals surface area (Å²) in [6.07, 6.45) is 1.59. The van der Waals surface area contributed by atoms with E-state index in [4.69, 9.17) is 4.74 Å². The molecular formula is C17H14F3NO3S. The molecule has 1 aromatic heterocycles. The minimum Gasteiger partial charge on any atom is -0.475 e. The molecule has 1 heterocycles. The first-order valence-corrected chi connectivity index (χ1v) is 8.54. The molecule has 0 aliphatic heterocycles. The van der Waals surface area contributed by atoms with Crippen molar-refractivity contribution in [2.24, 2.45) is 0 Å². The molecule has 132 valence electrons. The highest BCUT2D eigenvalue weighted by molar-refractivity contribution is 7.92. The van der Waals surface area contributed by atoms with E-state index in [0.717, 1.165) is 24.3 Å². The van der Waals surface area contributed by atoms with Crippen LogP contribution in [0.4, 0.5) is 13.2 Å². The van der Waals surface area contributed by atoms with Crippen LogP contribution in [0.3, 0.4) is 0 Å². The first kappa shape index (κ1) is 18.8. The van der Waals surface area contributed by atoms with Crippen LogP contribution in [0.5, 0.6) is 5.75 Å². The zero-order valence-electron chi connectivity index (χ0n) is 13.3. The summed E-state index contributed by atoms with van der Waals surface area (Å²) in [7, 11) is -5.37. The number of hydrogen-bond acceptors (Lipinski definition) is 4. The second kappa shape index (κ2) is 6.76. The molecule has 2 aromatic rings. The largest absolute Gasteiger partial charge is 0.501 e. The van der Waals surface area contributed by atoms with E-state index in [1.807, 2.05) is 0 Å². The SMILES string of the molecule is CC(C)(C#Cc1ccccn1)Oc1ccc(S(=O)(=O)C(F)(F)F)cc1. The van der Waals surface area contributed by atoms with Gasteiger partial charge < -0.3 is 4.74 Å². The molecule has 0 aliphatic carbocycles. The molecule has 0 saturated heterocycles. The van der Waals surface area contributed by atoms with Gasteiger partial charge in [0.15, 0.2) is 5.60 Å². The van der Waals surface area contributed by atoms with Crippen molar-refractivity contribution in [2.75, 3.05) is 0 Å². The Morgan fingerprint density at radius 3 is 2.20 bits per heavy atom. The molecule has 0 fully saturated rings. The van der Waals surface area contributed by atoms with Gasteiger partial charge in [0.25, 0.3) is 9.84 Å². The fourth-order valence-electron chi connectivity index (χ4n) is 1.79. The average Bonchev–Trinajstić information content (AvgIpc) is 2.53. The van der Waals surface area contributed by atoms with Gasteiger partial charge in [-0.15, -0.1) is 0 Å². The Hall–Kier alpha value is -2.53. The van der Waals surface area contributed by atoms with Gasteiger partial charge in [-0.25, -0.2) is 13.4 Å². The summed E-state index contributed by atoms with van der Waals surface area (Å²) in [6, 6.07) is 9.26. The van der Waals surface area contributed by atoms with Crippen molar-refractivity contribution < 1.29 is 26.3 Å². The summed E-state index contributed by atoms with van der Waals surface area (Å²) in [4.78, 5) is 3.21. The monoisotopic (exact) mass is 369 g/mol. The number of alkyl halides is 3. The van der Waals surface area contributed by atoms with E-state index in [1.54, 1.807) is 38.2 Å². The molecule has 0 amide bonds. The van der Waals surface area contributed by atoms with Crippen molar-refractivity contribution in [1.29, 1.82) is 0 Å². The predicted molar refractivity (Wildman–Crippen MR) is 85.5 cm³/mol. The van der Waals surface area contributed by atoms with Crippen molar-refractivity contribution in [3.63, 3.8) is 0 Å². The van der Waals surface area contributed by atoms with E-state index < -0.39 is 25.8 Å². The maximum Gasteiger partial charge on any atom is 0.501 e. The van der Waals surface area contributed by atoms with E-state index in [1.165, 1.54) is 0 Å². The van der Waals surface area contributed by atoms with Gasteiger partial charge in [-0.3, -0.25) is 0 Å². The van der Waals surface area contributed by atoms with Crippen molar-refractivity contribution in [1.82, 2.24) is 4.98 Å². The van der Waals surface area contributed by atoms with Gasteiger partial charge in [-0.2, -0.15) is 13.2 Å². The lowest BCUT2D eigenvalue weighted by Gasteiger charge is -2.20. The first-order chi connectivity index (χ1) is 11.5. The van der Waals surface area contributed by atoms with E-state index >= 15 is 0 Å². The third-order valence-corrected chi connectivity index (χ3v) is 4.47. The number of nitrogens with zero attached hydrogens (tertiary/aromatic N) is 1. The highest BCUT2D eigenvalue weighted by atomic mass is 32.2. The van der Waals surface area contributed by atoms with Crippen molar-refractivity contribution in [3.05, 3.63) is 54.4 Å². The molecule has 0 N–H and O–H groups in total. The summed E-state index contributed by atoms with van der Waals surface area (Å²) < 4.78 is 65.8. The Morgan fingerprint density at radius 2 is 1.68 bits per heavy atom. The number of hydrogen-bond donors (Lipinski definition) is 0. The lowest BCUT2D eigenvalue weighted by Crippen LogP contribution is -2.26. The normalized spacial score (nSPS) is 12.2. The first-order valence-electron chi connectivity index (χ1n) is 7.06. The molecular weight excluding hydrogens is 355 g/mol. The molecule has 4 nitrogen and oxygen atoms in total. The van der Waals surface area contributed by atoms with Crippen LogP contribution in [0.2, 0.25) is 0 Å². The second-order valence-electron chi connectivity index (χ2n) is 5.50. The van der Waals surface area contributed by atoms with Gasteiger partial charge in [0, 0.05) is 6.20 Å². The van der Waals surface area contributed by atoms with E-state index in [2.05, 4.69) is 16.8 Å². The highest BCUT2D eigenvalue weighted by Crippen LogP contribution is 2.31.